The fourth-order valence-corrected chi connectivity index (χ4v) is 2.13. The number of aromatic nitrogens is 1. The molecule has 0 unspecified atom stereocenters. The Hall–Kier alpha value is -2.60. The molecule has 6 nitrogen and oxygen atoms in total. The second-order valence-corrected chi connectivity index (χ2v) is 5.84. The van der Waals surface area contributed by atoms with E-state index in [0.29, 0.717) is 22.5 Å². The van der Waals surface area contributed by atoms with E-state index in [1.807, 2.05) is 27.1 Å². The molecule has 0 bridgehead atoms. The molecule has 0 radical (unpaired) electrons. The molecule has 0 saturated heterocycles. The number of pyridine rings is 1. The summed E-state index contributed by atoms with van der Waals surface area (Å²) in [5.41, 5.74) is 1.60. The van der Waals surface area contributed by atoms with Gasteiger partial charge in [-0.2, -0.15) is 0 Å². The zero-order valence-electron chi connectivity index (χ0n) is 14.0. The lowest BCUT2D eigenvalue weighted by atomic mass is 10.2. The van der Waals surface area contributed by atoms with Crippen molar-refractivity contribution in [3.63, 3.8) is 0 Å². The topological polar surface area (TPSA) is 66.8 Å². The molecule has 1 aromatic carbocycles. The van der Waals surface area contributed by atoms with Gasteiger partial charge in [-0.1, -0.05) is 11.6 Å². The molecule has 0 fully saturated rings. The number of hydrogen-bond donors (Lipinski definition) is 1. The molecular weight excluding hydrogens is 328 g/mol. The van der Waals surface area contributed by atoms with Crippen molar-refractivity contribution in [3.05, 3.63) is 41.0 Å². The summed E-state index contributed by atoms with van der Waals surface area (Å²) in [6.45, 7) is 3.36. The van der Waals surface area contributed by atoms with Crippen LogP contribution >= 0.6 is 11.6 Å². The van der Waals surface area contributed by atoms with Gasteiger partial charge in [-0.05, 0) is 30.7 Å². The summed E-state index contributed by atoms with van der Waals surface area (Å²) in [7, 11) is 3.73. The van der Waals surface area contributed by atoms with Crippen LogP contribution in [0.5, 0.6) is 11.5 Å². The number of ether oxygens (including phenoxy) is 1. The van der Waals surface area contributed by atoms with Crippen LogP contribution in [0.2, 0.25) is 5.15 Å². The van der Waals surface area contributed by atoms with Gasteiger partial charge in [0.15, 0.2) is 5.82 Å². The second-order valence-electron chi connectivity index (χ2n) is 5.46. The molecule has 0 aliphatic carbocycles. The van der Waals surface area contributed by atoms with Crippen molar-refractivity contribution < 1.29 is 9.53 Å². The van der Waals surface area contributed by atoms with Gasteiger partial charge in [0, 0.05) is 38.8 Å². The Labute approximate surface area is 146 Å². The molecule has 0 saturated carbocycles. The largest absolute Gasteiger partial charge is 0.457 e. The highest BCUT2D eigenvalue weighted by Crippen LogP contribution is 2.30. The number of nitrogens with zero attached hydrogens (tertiary/aromatic N) is 3. The highest BCUT2D eigenvalue weighted by atomic mass is 35.5. The van der Waals surface area contributed by atoms with Crippen molar-refractivity contribution in [3.8, 4) is 11.5 Å². The lowest BCUT2D eigenvalue weighted by Crippen LogP contribution is -2.07. The summed E-state index contributed by atoms with van der Waals surface area (Å²) >= 11 is 6.03. The number of anilines is 1. The van der Waals surface area contributed by atoms with E-state index in [4.69, 9.17) is 16.3 Å². The monoisotopic (exact) mass is 346 g/mol. The number of halogens is 1. The maximum Gasteiger partial charge on any atom is 0.221 e. The first-order chi connectivity index (χ1) is 11.3. The zero-order valence-corrected chi connectivity index (χ0v) is 14.8. The third-order valence-electron chi connectivity index (χ3n) is 2.90. The maximum absolute atomic E-state index is 11.1. The number of amides is 1. The Morgan fingerprint density at radius 1 is 1.33 bits per heavy atom. The van der Waals surface area contributed by atoms with E-state index in [1.165, 1.54) is 6.92 Å². The minimum Gasteiger partial charge on any atom is -0.457 e. The van der Waals surface area contributed by atoms with E-state index in [2.05, 4.69) is 15.3 Å². The van der Waals surface area contributed by atoms with Gasteiger partial charge in [-0.3, -0.25) is 4.79 Å². The maximum atomic E-state index is 11.1. The fraction of sp³-hybridized carbons (Fsp3) is 0.235. The quantitative estimate of drug-likeness (QED) is 0.504. The molecule has 0 aliphatic heterocycles. The number of hydrogen-bond acceptors (Lipinski definition) is 4. The van der Waals surface area contributed by atoms with E-state index in [-0.39, 0.29) is 5.91 Å². The highest BCUT2D eigenvalue weighted by Gasteiger charge is 2.07. The first-order valence-electron chi connectivity index (χ1n) is 7.28. The van der Waals surface area contributed by atoms with Crippen LogP contribution in [0.1, 0.15) is 12.5 Å². The van der Waals surface area contributed by atoms with Crippen LogP contribution in [0.3, 0.4) is 0 Å². The van der Waals surface area contributed by atoms with Crippen LogP contribution in [-0.4, -0.2) is 36.2 Å². The average Bonchev–Trinajstić information content (AvgIpc) is 2.47. The van der Waals surface area contributed by atoms with E-state index in [0.717, 1.165) is 11.3 Å². The van der Waals surface area contributed by atoms with Gasteiger partial charge >= 0.3 is 0 Å². The Morgan fingerprint density at radius 2 is 2.08 bits per heavy atom. The number of carbonyl (C=O) groups is 1. The van der Waals surface area contributed by atoms with Gasteiger partial charge in [0.25, 0.3) is 0 Å². The van der Waals surface area contributed by atoms with Gasteiger partial charge in [-0.15, -0.1) is 0 Å². The van der Waals surface area contributed by atoms with Gasteiger partial charge in [0.2, 0.25) is 5.91 Å². The number of benzene rings is 1. The molecule has 0 aliphatic rings. The van der Waals surface area contributed by atoms with Crippen molar-refractivity contribution in [2.24, 2.45) is 4.99 Å². The minimum atomic E-state index is -0.118. The Morgan fingerprint density at radius 3 is 2.71 bits per heavy atom. The second kappa shape index (κ2) is 7.79. The normalized spacial score (nSPS) is 10.7. The number of rotatable bonds is 5. The Kier molecular flexibility index (Phi) is 5.76. The predicted octanol–water partition coefficient (Wildman–Crippen LogP) is 4.02. The molecule has 1 heterocycles. The molecule has 2 aromatic rings. The third kappa shape index (κ3) is 5.24. The van der Waals surface area contributed by atoms with Gasteiger partial charge in [0.05, 0.1) is 6.34 Å². The van der Waals surface area contributed by atoms with Crippen LogP contribution in [0.25, 0.3) is 0 Å². The third-order valence-corrected chi connectivity index (χ3v) is 3.09. The zero-order chi connectivity index (χ0) is 17.7. The van der Waals surface area contributed by atoms with Crippen LogP contribution in [0, 0.1) is 6.92 Å². The first-order valence-corrected chi connectivity index (χ1v) is 7.65. The van der Waals surface area contributed by atoms with Crippen molar-refractivity contribution in [2.45, 2.75) is 13.8 Å². The standard InChI is InChI=1S/C17H19ClN4O2/c1-11-7-13(20-12(2)23)5-6-15(11)24-14-8-16(18)21-17(9-14)19-10-22(3)4/h5-10H,1-4H3,(H,20,23)/b19-10+. The van der Waals surface area contributed by atoms with Crippen LogP contribution in [0.15, 0.2) is 35.3 Å². The van der Waals surface area contributed by atoms with Crippen molar-refractivity contribution in [1.29, 1.82) is 0 Å². The predicted molar refractivity (Wildman–Crippen MR) is 96.6 cm³/mol. The highest BCUT2D eigenvalue weighted by molar-refractivity contribution is 6.29. The van der Waals surface area contributed by atoms with E-state index in [1.54, 1.807) is 35.5 Å². The summed E-state index contributed by atoms with van der Waals surface area (Å²) in [5, 5.41) is 3.03. The van der Waals surface area contributed by atoms with E-state index < -0.39 is 0 Å². The first kappa shape index (κ1) is 17.7. The Balaban J connectivity index is 2.23. The van der Waals surface area contributed by atoms with Gasteiger partial charge in [-0.25, -0.2) is 9.98 Å². The number of aryl methyl sites for hydroxylation is 1. The summed E-state index contributed by atoms with van der Waals surface area (Å²) in [4.78, 5) is 21.2. The molecule has 2 rings (SSSR count). The van der Waals surface area contributed by atoms with Crippen molar-refractivity contribution in [2.75, 3.05) is 19.4 Å². The average molecular weight is 347 g/mol. The molecule has 126 valence electrons. The number of nitrogens with one attached hydrogen (secondary N) is 1. The smallest absolute Gasteiger partial charge is 0.221 e. The van der Waals surface area contributed by atoms with Crippen molar-refractivity contribution >= 4 is 35.4 Å². The molecule has 0 spiro atoms. The van der Waals surface area contributed by atoms with Crippen LogP contribution in [0.4, 0.5) is 11.5 Å². The van der Waals surface area contributed by atoms with Crippen molar-refractivity contribution in [1.82, 2.24) is 9.88 Å². The van der Waals surface area contributed by atoms with Gasteiger partial charge < -0.3 is 15.0 Å². The number of aliphatic imine (C=N–C) groups is 1. The lowest BCUT2D eigenvalue weighted by molar-refractivity contribution is -0.114. The summed E-state index contributed by atoms with van der Waals surface area (Å²) < 4.78 is 5.87. The SMILES string of the molecule is CC(=O)Nc1ccc(Oc2cc(Cl)nc(/N=C/N(C)C)c2)c(C)c1. The fourth-order valence-electron chi connectivity index (χ4n) is 1.93. The van der Waals surface area contributed by atoms with E-state index >= 15 is 0 Å². The van der Waals surface area contributed by atoms with Crippen LogP contribution < -0.4 is 10.1 Å². The Bertz CT molecular complexity index is 775. The molecule has 0 atom stereocenters. The molecule has 7 heteroatoms. The lowest BCUT2D eigenvalue weighted by Gasteiger charge is -2.11. The molecule has 24 heavy (non-hydrogen) atoms. The molecule has 1 aromatic heterocycles. The summed E-state index contributed by atoms with van der Waals surface area (Å²) in [5.74, 6) is 1.54. The summed E-state index contributed by atoms with van der Waals surface area (Å²) in [6, 6.07) is 8.73. The van der Waals surface area contributed by atoms with E-state index in [9.17, 15) is 4.79 Å². The molecular formula is C17H19ClN4O2. The number of carbonyl (C=O) groups excluding carboxylic acids is 1. The summed E-state index contributed by atoms with van der Waals surface area (Å²) in [6.07, 6.45) is 1.63. The molecule has 1 amide bonds. The van der Waals surface area contributed by atoms with Gasteiger partial charge in [0.1, 0.15) is 16.7 Å². The minimum absolute atomic E-state index is 0.118. The van der Waals surface area contributed by atoms with Crippen LogP contribution in [-0.2, 0) is 4.79 Å². The molecule has 1 N–H and O–H groups in total.